The average molecular weight is 303 g/mol. The van der Waals surface area contributed by atoms with Crippen molar-refractivity contribution in [3.05, 3.63) is 65.2 Å². The molecule has 0 aromatic heterocycles. The molecule has 0 aliphatic rings. The molecule has 0 unspecified atom stereocenters. The Bertz CT molecular complexity index is 569. The topological polar surface area (TPSA) is 32.3 Å². The fourth-order valence-electron chi connectivity index (χ4n) is 1.99. The van der Waals surface area contributed by atoms with Crippen LogP contribution < -0.4 is 10.2 Å². The van der Waals surface area contributed by atoms with Crippen LogP contribution in [0.15, 0.2) is 54.6 Å². The number of rotatable bonds is 6. The zero-order valence-electron chi connectivity index (χ0n) is 12.1. The Morgan fingerprint density at radius 1 is 1.10 bits per heavy atom. The van der Waals surface area contributed by atoms with Crippen LogP contribution in [-0.4, -0.2) is 26.0 Å². The summed E-state index contributed by atoms with van der Waals surface area (Å²) in [7, 11) is 1.79. The smallest absolute Gasteiger partial charge is 0.240 e. The van der Waals surface area contributed by atoms with E-state index in [0.717, 1.165) is 23.7 Å². The summed E-state index contributed by atoms with van der Waals surface area (Å²) < 4.78 is 0. The van der Waals surface area contributed by atoms with Crippen molar-refractivity contribution in [2.24, 2.45) is 0 Å². The first-order chi connectivity index (χ1) is 10.2. The fraction of sp³-hybridized carbons (Fsp3) is 0.235. The Kier molecular flexibility index (Phi) is 5.78. The summed E-state index contributed by atoms with van der Waals surface area (Å²) in [6.45, 7) is 1.09. The second kappa shape index (κ2) is 7.81. The normalized spacial score (nSPS) is 10.4. The van der Waals surface area contributed by atoms with Gasteiger partial charge in [-0.05, 0) is 42.8 Å². The van der Waals surface area contributed by atoms with Crippen molar-refractivity contribution >= 4 is 23.2 Å². The molecular formula is C17H19ClN2O. The van der Waals surface area contributed by atoms with Crippen molar-refractivity contribution in [1.82, 2.24) is 5.32 Å². The Morgan fingerprint density at radius 2 is 1.76 bits per heavy atom. The summed E-state index contributed by atoms with van der Waals surface area (Å²) in [5.74, 6) is 0.0531. The summed E-state index contributed by atoms with van der Waals surface area (Å²) in [6, 6.07) is 17.4. The first kappa shape index (κ1) is 15.5. The van der Waals surface area contributed by atoms with Crippen LogP contribution in [0, 0.1) is 0 Å². The van der Waals surface area contributed by atoms with E-state index < -0.39 is 0 Å². The van der Waals surface area contributed by atoms with E-state index in [1.807, 2.05) is 54.6 Å². The minimum Gasteiger partial charge on any atom is -0.314 e. The number of carbonyl (C=O) groups is 1. The van der Waals surface area contributed by atoms with Crippen LogP contribution in [0.2, 0.25) is 5.02 Å². The lowest BCUT2D eigenvalue weighted by molar-refractivity contribution is -0.117. The number of hydrogen-bond acceptors (Lipinski definition) is 2. The van der Waals surface area contributed by atoms with Crippen LogP contribution in [0.4, 0.5) is 5.69 Å². The molecule has 0 atom stereocenters. The predicted molar refractivity (Wildman–Crippen MR) is 87.9 cm³/mol. The number of hydrogen-bond donors (Lipinski definition) is 1. The van der Waals surface area contributed by atoms with Gasteiger partial charge >= 0.3 is 0 Å². The minimum atomic E-state index is 0.0531. The van der Waals surface area contributed by atoms with E-state index in [2.05, 4.69) is 5.32 Å². The number of halogens is 1. The molecule has 1 amide bonds. The SMILES string of the molecule is CN(C(=O)CNCCc1ccc(Cl)cc1)c1ccccc1. The molecule has 110 valence electrons. The summed E-state index contributed by atoms with van der Waals surface area (Å²) in [4.78, 5) is 13.7. The second-order valence-corrected chi connectivity index (χ2v) is 5.28. The van der Waals surface area contributed by atoms with Gasteiger partial charge in [-0.1, -0.05) is 41.9 Å². The van der Waals surface area contributed by atoms with Gasteiger partial charge in [0.25, 0.3) is 0 Å². The van der Waals surface area contributed by atoms with E-state index >= 15 is 0 Å². The maximum Gasteiger partial charge on any atom is 0.240 e. The van der Waals surface area contributed by atoms with E-state index in [1.54, 1.807) is 11.9 Å². The molecule has 2 rings (SSSR count). The molecule has 3 nitrogen and oxygen atoms in total. The van der Waals surface area contributed by atoms with Gasteiger partial charge in [0, 0.05) is 17.8 Å². The lowest BCUT2D eigenvalue weighted by Crippen LogP contribution is -2.36. The van der Waals surface area contributed by atoms with E-state index in [-0.39, 0.29) is 5.91 Å². The molecular weight excluding hydrogens is 284 g/mol. The number of anilines is 1. The molecule has 0 aliphatic heterocycles. The van der Waals surface area contributed by atoms with Gasteiger partial charge < -0.3 is 10.2 Å². The summed E-state index contributed by atoms with van der Waals surface area (Å²) in [5, 5.41) is 3.92. The Hall–Kier alpha value is -1.84. The van der Waals surface area contributed by atoms with Crippen molar-refractivity contribution in [3.63, 3.8) is 0 Å². The number of carbonyl (C=O) groups excluding carboxylic acids is 1. The highest BCUT2D eigenvalue weighted by Gasteiger charge is 2.09. The number of likely N-dealkylation sites (N-methyl/N-ethyl adjacent to an activating group) is 1. The predicted octanol–water partition coefficient (Wildman–Crippen LogP) is 3.14. The second-order valence-electron chi connectivity index (χ2n) is 4.84. The van der Waals surface area contributed by atoms with Gasteiger partial charge in [0.15, 0.2) is 0 Å². The molecule has 0 spiro atoms. The number of benzene rings is 2. The molecule has 0 fully saturated rings. The standard InChI is InChI=1S/C17H19ClN2O/c1-20(16-5-3-2-4-6-16)17(21)13-19-12-11-14-7-9-15(18)10-8-14/h2-10,19H,11-13H2,1H3. The fourth-order valence-corrected chi connectivity index (χ4v) is 2.12. The summed E-state index contributed by atoms with van der Waals surface area (Å²) >= 11 is 5.84. The monoisotopic (exact) mass is 302 g/mol. The molecule has 21 heavy (non-hydrogen) atoms. The minimum absolute atomic E-state index is 0.0531. The molecule has 0 heterocycles. The molecule has 0 bridgehead atoms. The van der Waals surface area contributed by atoms with Gasteiger partial charge in [-0.2, -0.15) is 0 Å². The molecule has 2 aromatic carbocycles. The highest BCUT2D eigenvalue weighted by molar-refractivity contribution is 6.30. The third-order valence-corrected chi connectivity index (χ3v) is 3.55. The lowest BCUT2D eigenvalue weighted by Gasteiger charge is -2.17. The highest BCUT2D eigenvalue weighted by atomic mass is 35.5. The highest BCUT2D eigenvalue weighted by Crippen LogP contribution is 2.11. The zero-order valence-corrected chi connectivity index (χ0v) is 12.8. The first-order valence-electron chi connectivity index (χ1n) is 6.93. The molecule has 1 N–H and O–H groups in total. The average Bonchev–Trinajstić information content (AvgIpc) is 2.53. The van der Waals surface area contributed by atoms with E-state index in [0.29, 0.717) is 6.54 Å². The van der Waals surface area contributed by atoms with Crippen molar-refractivity contribution < 1.29 is 4.79 Å². The van der Waals surface area contributed by atoms with Crippen molar-refractivity contribution in [3.8, 4) is 0 Å². The van der Waals surface area contributed by atoms with Gasteiger partial charge in [0.05, 0.1) is 6.54 Å². The molecule has 0 saturated heterocycles. The number of nitrogens with zero attached hydrogens (tertiary/aromatic N) is 1. The maximum atomic E-state index is 12.0. The van der Waals surface area contributed by atoms with Crippen molar-refractivity contribution in [2.45, 2.75) is 6.42 Å². The molecule has 2 aromatic rings. The number of nitrogens with one attached hydrogen (secondary N) is 1. The largest absolute Gasteiger partial charge is 0.314 e. The quantitative estimate of drug-likeness (QED) is 0.832. The molecule has 4 heteroatoms. The molecule has 0 saturated carbocycles. The van der Waals surface area contributed by atoms with Gasteiger partial charge in [0.1, 0.15) is 0 Å². The van der Waals surface area contributed by atoms with Crippen LogP contribution in [0.5, 0.6) is 0 Å². The lowest BCUT2D eigenvalue weighted by atomic mass is 10.1. The number of para-hydroxylation sites is 1. The maximum absolute atomic E-state index is 12.0. The molecule has 0 aliphatic carbocycles. The third-order valence-electron chi connectivity index (χ3n) is 3.30. The Labute approximate surface area is 130 Å². The summed E-state index contributed by atoms with van der Waals surface area (Å²) in [6.07, 6.45) is 0.875. The Morgan fingerprint density at radius 3 is 2.43 bits per heavy atom. The van der Waals surface area contributed by atoms with Gasteiger partial charge in [0.2, 0.25) is 5.91 Å². The van der Waals surface area contributed by atoms with Crippen LogP contribution in [0.25, 0.3) is 0 Å². The van der Waals surface area contributed by atoms with E-state index in [9.17, 15) is 4.79 Å². The van der Waals surface area contributed by atoms with Crippen LogP contribution >= 0.6 is 11.6 Å². The van der Waals surface area contributed by atoms with E-state index in [1.165, 1.54) is 5.56 Å². The van der Waals surface area contributed by atoms with Crippen molar-refractivity contribution in [2.75, 3.05) is 25.0 Å². The zero-order chi connectivity index (χ0) is 15.1. The number of amides is 1. The van der Waals surface area contributed by atoms with Crippen LogP contribution in [-0.2, 0) is 11.2 Å². The van der Waals surface area contributed by atoms with Crippen LogP contribution in [0.3, 0.4) is 0 Å². The van der Waals surface area contributed by atoms with E-state index in [4.69, 9.17) is 11.6 Å². The molecule has 0 radical (unpaired) electrons. The summed E-state index contributed by atoms with van der Waals surface area (Å²) in [5.41, 5.74) is 2.11. The van der Waals surface area contributed by atoms with Gasteiger partial charge in [-0.25, -0.2) is 0 Å². The van der Waals surface area contributed by atoms with Gasteiger partial charge in [-0.3, -0.25) is 4.79 Å². The van der Waals surface area contributed by atoms with Gasteiger partial charge in [-0.15, -0.1) is 0 Å². The van der Waals surface area contributed by atoms with Crippen molar-refractivity contribution in [1.29, 1.82) is 0 Å². The Balaban J connectivity index is 1.73. The third kappa shape index (κ3) is 4.88. The van der Waals surface area contributed by atoms with Crippen LogP contribution in [0.1, 0.15) is 5.56 Å². The first-order valence-corrected chi connectivity index (χ1v) is 7.31.